The molecule has 1 aromatic carbocycles. The van der Waals surface area contributed by atoms with Gasteiger partial charge in [-0.05, 0) is 18.2 Å². The lowest BCUT2D eigenvalue weighted by Crippen LogP contribution is -1.87. The number of hydrogen-bond donors (Lipinski definition) is 1. The average molecular weight is 210 g/mol. The lowest BCUT2D eigenvalue weighted by atomic mass is 10.1. The van der Waals surface area contributed by atoms with E-state index in [-0.39, 0.29) is 0 Å². The number of hydrogen-bond acceptors (Lipinski definition) is 3. The van der Waals surface area contributed by atoms with Crippen LogP contribution in [0.15, 0.2) is 24.4 Å². The highest BCUT2D eigenvalue weighted by atomic mass is 35.5. The molecule has 0 aliphatic heterocycles. The molecule has 0 spiro atoms. The van der Waals surface area contributed by atoms with E-state index >= 15 is 0 Å². The Kier molecular flexibility index (Phi) is 2.37. The van der Waals surface area contributed by atoms with E-state index in [1.54, 1.807) is 31.5 Å². The second kappa shape index (κ2) is 3.67. The summed E-state index contributed by atoms with van der Waals surface area (Å²) >= 11 is 5.88. The Morgan fingerprint density at radius 3 is 2.93 bits per heavy atom. The number of benzene rings is 1. The van der Waals surface area contributed by atoms with Gasteiger partial charge in [0.1, 0.15) is 11.4 Å². The molecular formula is C9H8ClN3O. The fourth-order valence-corrected chi connectivity index (χ4v) is 1.38. The zero-order chi connectivity index (χ0) is 9.97. The van der Waals surface area contributed by atoms with E-state index < -0.39 is 0 Å². The van der Waals surface area contributed by atoms with Crippen molar-refractivity contribution in [2.24, 2.45) is 0 Å². The van der Waals surface area contributed by atoms with Crippen molar-refractivity contribution >= 4 is 11.6 Å². The predicted molar refractivity (Wildman–Crippen MR) is 53.4 cm³/mol. The highest BCUT2D eigenvalue weighted by Crippen LogP contribution is 2.30. The molecule has 2 rings (SSSR count). The third kappa shape index (κ3) is 1.56. The van der Waals surface area contributed by atoms with Crippen molar-refractivity contribution in [3.63, 3.8) is 0 Å². The molecular weight excluding hydrogens is 202 g/mol. The van der Waals surface area contributed by atoms with E-state index in [1.807, 2.05) is 0 Å². The Hall–Kier alpha value is -1.55. The number of aromatic amines is 1. The fraction of sp³-hybridized carbons (Fsp3) is 0.111. The molecule has 0 aliphatic rings. The maximum Gasteiger partial charge on any atom is 0.128 e. The first kappa shape index (κ1) is 9.02. The molecule has 14 heavy (non-hydrogen) atoms. The molecule has 5 heteroatoms. The minimum Gasteiger partial charge on any atom is -0.496 e. The highest BCUT2D eigenvalue weighted by Gasteiger charge is 2.08. The normalized spacial score (nSPS) is 10.1. The summed E-state index contributed by atoms with van der Waals surface area (Å²) in [6.07, 6.45) is 1.62. The Morgan fingerprint density at radius 2 is 2.29 bits per heavy atom. The average Bonchev–Trinajstić information content (AvgIpc) is 2.70. The molecule has 0 amide bonds. The molecule has 1 heterocycles. The molecule has 4 nitrogen and oxygen atoms in total. The summed E-state index contributed by atoms with van der Waals surface area (Å²) in [7, 11) is 1.60. The van der Waals surface area contributed by atoms with Gasteiger partial charge in [-0.15, -0.1) is 0 Å². The van der Waals surface area contributed by atoms with Crippen LogP contribution in [0.1, 0.15) is 0 Å². The molecule has 0 bridgehead atoms. The second-order valence-corrected chi connectivity index (χ2v) is 3.14. The van der Waals surface area contributed by atoms with E-state index in [9.17, 15) is 0 Å². The summed E-state index contributed by atoms with van der Waals surface area (Å²) < 4.78 is 5.18. The summed E-state index contributed by atoms with van der Waals surface area (Å²) in [6.45, 7) is 0. The van der Waals surface area contributed by atoms with Crippen LogP contribution < -0.4 is 4.74 Å². The summed E-state index contributed by atoms with van der Waals surface area (Å²) in [4.78, 5) is 0. The van der Waals surface area contributed by atoms with Crippen molar-refractivity contribution in [1.82, 2.24) is 15.4 Å². The van der Waals surface area contributed by atoms with E-state index in [1.165, 1.54) is 0 Å². The van der Waals surface area contributed by atoms with Gasteiger partial charge in [0.05, 0.1) is 13.3 Å². The molecule has 0 saturated carbocycles. The molecule has 2 aromatic rings. The van der Waals surface area contributed by atoms with Gasteiger partial charge in [-0.25, -0.2) is 0 Å². The summed E-state index contributed by atoms with van der Waals surface area (Å²) in [5.41, 5.74) is 1.54. The van der Waals surface area contributed by atoms with Crippen LogP contribution in [0.4, 0.5) is 0 Å². The number of nitrogens with one attached hydrogen (secondary N) is 1. The maximum atomic E-state index is 5.88. The van der Waals surface area contributed by atoms with Crippen LogP contribution in [-0.2, 0) is 0 Å². The molecule has 0 saturated heterocycles. The van der Waals surface area contributed by atoms with Gasteiger partial charge >= 0.3 is 0 Å². The van der Waals surface area contributed by atoms with E-state index in [2.05, 4.69) is 15.4 Å². The zero-order valence-corrected chi connectivity index (χ0v) is 8.25. The van der Waals surface area contributed by atoms with Gasteiger partial charge in [0.2, 0.25) is 0 Å². The molecule has 0 unspecified atom stereocenters. The van der Waals surface area contributed by atoms with E-state index in [0.29, 0.717) is 10.7 Å². The first-order chi connectivity index (χ1) is 6.81. The standard InChI is InChI=1S/C9H8ClN3O/c1-14-9-3-2-6(10)4-7(9)8-5-11-13-12-8/h2-5H,1H3,(H,11,12,13). The molecule has 0 aliphatic carbocycles. The summed E-state index contributed by atoms with van der Waals surface area (Å²) in [5, 5.41) is 10.9. The Balaban J connectivity index is 2.55. The Morgan fingerprint density at radius 1 is 1.43 bits per heavy atom. The second-order valence-electron chi connectivity index (χ2n) is 2.70. The largest absolute Gasteiger partial charge is 0.496 e. The van der Waals surface area contributed by atoms with Crippen molar-refractivity contribution in [2.45, 2.75) is 0 Å². The quantitative estimate of drug-likeness (QED) is 0.825. The van der Waals surface area contributed by atoms with Gasteiger partial charge in [-0.3, -0.25) is 0 Å². The third-order valence-electron chi connectivity index (χ3n) is 1.85. The fourth-order valence-electron chi connectivity index (χ4n) is 1.21. The third-order valence-corrected chi connectivity index (χ3v) is 2.09. The van der Waals surface area contributed by atoms with Crippen LogP contribution in [0.3, 0.4) is 0 Å². The molecule has 72 valence electrons. The number of methoxy groups -OCH3 is 1. The van der Waals surface area contributed by atoms with Gasteiger partial charge in [0.25, 0.3) is 0 Å². The zero-order valence-electron chi connectivity index (χ0n) is 7.49. The molecule has 0 fully saturated rings. The molecule has 1 aromatic heterocycles. The number of nitrogens with zero attached hydrogens (tertiary/aromatic N) is 2. The van der Waals surface area contributed by atoms with E-state index in [4.69, 9.17) is 16.3 Å². The molecule has 0 radical (unpaired) electrons. The van der Waals surface area contributed by atoms with Crippen molar-refractivity contribution in [1.29, 1.82) is 0 Å². The number of halogens is 1. The number of rotatable bonds is 2. The van der Waals surface area contributed by atoms with Crippen LogP contribution in [0, 0.1) is 0 Å². The topological polar surface area (TPSA) is 50.8 Å². The van der Waals surface area contributed by atoms with Crippen LogP contribution >= 0.6 is 11.6 Å². The minimum absolute atomic E-state index is 0.642. The molecule has 1 N–H and O–H groups in total. The Bertz CT molecular complexity index is 428. The van der Waals surface area contributed by atoms with Crippen molar-refractivity contribution in [3.05, 3.63) is 29.4 Å². The van der Waals surface area contributed by atoms with Gasteiger partial charge in [0.15, 0.2) is 0 Å². The first-order valence-corrected chi connectivity index (χ1v) is 4.39. The van der Waals surface area contributed by atoms with Crippen molar-refractivity contribution in [3.8, 4) is 17.0 Å². The van der Waals surface area contributed by atoms with Crippen LogP contribution in [0.25, 0.3) is 11.3 Å². The van der Waals surface area contributed by atoms with Crippen LogP contribution in [0.2, 0.25) is 5.02 Å². The van der Waals surface area contributed by atoms with Gasteiger partial charge in [-0.2, -0.15) is 15.4 Å². The number of aromatic nitrogens is 3. The van der Waals surface area contributed by atoms with Crippen LogP contribution in [0.5, 0.6) is 5.75 Å². The van der Waals surface area contributed by atoms with Gasteiger partial charge < -0.3 is 4.74 Å². The van der Waals surface area contributed by atoms with Crippen molar-refractivity contribution in [2.75, 3.05) is 7.11 Å². The van der Waals surface area contributed by atoms with Gasteiger partial charge in [0, 0.05) is 10.6 Å². The van der Waals surface area contributed by atoms with Crippen molar-refractivity contribution < 1.29 is 4.74 Å². The predicted octanol–water partition coefficient (Wildman–Crippen LogP) is 2.13. The lowest BCUT2D eigenvalue weighted by molar-refractivity contribution is 0.416. The molecule has 0 atom stereocenters. The lowest BCUT2D eigenvalue weighted by Gasteiger charge is -2.05. The Labute approximate surface area is 85.9 Å². The van der Waals surface area contributed by atoms with Gasteiger partial charge in [-0.1, -0.05) is 11.6 Å². The number of H-pyrrole nitrogens is 1. The summed E-state index contributed by atoms with van der Waals surface area (Å²) in [6, 6.07) is 5.36. The monoisotopic (exact) mass is 209 g/mol. The van der Waals surface area contributed by atoms with Crippen LogP contribution in [-0.4, -0.2) is 22.5 Å². The SMILES string of the molecule is COc1ccc(Cl)cc1-c1cn[nH]n1. The maximum absolute atomic E-state index is 5.88. The summed E-state index contributed by atoms with van der Waals surface area (Å²) in [5.74, 6) is 0.725. The van der Waals surface area contributed by atoms with E-state index in [0.717, 1.165) is 11.3 Å². The smallest absolute Gasteiger partial charge is 0.128 e. The first-order valence-electron chi connectivity index (χ1n) is 4.01. The highest BCUT2D eigenvalue weighted by molar-refractivity contribution is 6.30. The minimum atomic E-state index is 0.642. The number of ether oxygens (including phenoxy) is 1.